The minimum Gasteiger partial charge on any atom is -0.481 e. The fourth-order valence-corrected chi connectivity index (χ4v) is 6.11. The number of aliphatic carboxylic acids is 2. The summed E-state index contributed by atoms with van der Waals surface area (Å²) in [5.74, 6) is -6.30. The zero-order chi connectivity index (χ0) is 41.9. The summed E-state index contributed by atoms with van der Waals surface area (Å²) in [6, 6.07) is 10.3. The second-order valence-electron chi connectivity index (χ2n) is 14.6. The first kappa shape index (κ1) is 46.8. The SMILES string of the molecule is CCCN(CCC)C(=O)c1cccc(C(=O)NC(CC(C)C)C(O)CC(C)C(=O)NC(C)C(=O)NC(CCC(=O)O)C(=O)NC(Cc2ccccc2)C(=O)O)c1. The normalized spacial score (nSPS) is 14.3. The van der Waals surface area contributed by atoms with Crippen molar-refractivity contribution in [3.8, 4) is 0 Å². The quantitative estimate of drug-likeness (QED) is 0.0823. The van der Waals surface area contributed by atoms with E-state index < -0.39 is 78.2 Å². The van der Waals surface area contributed by atoms with Gasteiger partial charge in [-0.3, -0.25) is 28.8 Å². The summed E-state index contributed by atoms with van der Waals surface area (Å²) in [6.45, 7) is 11.9. The molecule has 15 heteroatoms. The Hall–Kier alpha value is -5.31. The number of rotatable bonds is 24. The largest absolute Gasteiger partial charge is 0.481 e. The van der Waals surface area contributed by atoms with Crippen molar-refractivity contribution >= 4 is 41.5 Å². The average molecular weight is 782 g/mol. The molecule has 0 saturated heterocycles. The summed E-state index contributed by atoms with van der Waals surface area (Å²) in [4.78, 5) is 91.1. The Balaban J connectivity index is 2.09. The molecule has 6 atom stereocenters. The predicted molar refractivity (Wildman–Crippen MR) is 210 cm³/mol. The molecule has 0 aliphatic heterocycles. The van der Waals surface area contributed by atoms with Gasteiger partial charge in [0.1, 0.15) is 18.1 Å². The molecule has 5 amide bonds. The molecule has 308 valence electrons. The predicted octanol–water partition coefficient (Wildman–Crippen LogP) is 3.15. The number of hydrogen-bond donors (Lipinski definition) is 7. The Labute approximate surface area is 329 Å². The summed E-state index contributed by atoms with van der Waals surface area (Å²) in [6.07, 6.45) is -0.166. The molecule has 0 spiro atoms. The number of aliphatic hydroxyl groups excluding tert-OH is 1. The third kappa shape index (κ3) is 15.8. The molecule has 7 N–H and O–H groups in total. The highest BCUT2D eigenvalue weighted by atomic mass is 16.4. The molecular formula is C41H59N5O10. The molecule has 0 aliphatic rings. The number of carboxylic acids is 2. The van der Waals surface area contributed by atoms with Crippen molar-refractivity contribution in [2.24, 2.45) is 11.8 Å². The van der Waals surface area contributed by atoms with Crippen LogP contribution in [0.4, 0.5) is 0 Å². The van der Waals surface area contributed by atoms with E-state index in [0.29, 0.717) is 30.6 Å². The number of amides is 5. The average Bonchev–Trinajstić information content (AvgIpc) is 3.15. The number of nitrogens with one attached hydrogen (secondary N) is 4. The van der Waals surface area contributed by atoms with E-state index in [-0.39, 0.29) is 36.7 Å². The van der Waals surface area contributed by atoms with Gasteiger partial charge in [-0.25, -0.2) is 4.79 Å². The highest BCUT2D eigenvalue weighted by Crippen LogP contribution is 2.18. The molecule has 2 rings (SSSR count). The molecule has 2 aromatic rings. The molecule has 0 heterocycles. The van der Waals surface area contributed by atoms with E-state index >= 15 is 0 Å². The van der Waals surface area contributed by atoms with Crippen LogP contribution in [0, 0.1) is 11.8 Å². The van der Waals surface area contributed by atoms with Gasteiger partial charge in [0.15, 0.2) is 0 Å². The number of aliphatic hydroxyl groups is 1. The van der Waals surface area contributed by atoms with Crippen molar-refractivity contribution in [3.05, 3.63) is 71.3 Å². The monoisotopic (exact) mass is 781 g/mol. The summed E-state index contributed by atoms with van der Waals surface area (Å²) in [5.41, 5.74) is 1.27. The lowest BCUT2D eigenvalue weighted by Gasteiger charge is -2.28. The van der Waals surface area contributed by atoms with Crippen molar-refractivity contribution < 1.29 is 48.9 Å². The number of carboxylic acid groups (broad SMARTS) is 2. The molecular weight excluding hydrogens is 722 g/mol. The third-order valence-corrected chi connectivity index (χ3v) is 9.12. The van der Waals surface area contributed by atoms with Gasteiger partial charge in [-0.2, -0.15) is 0 Å². The first-order valence-corrected chi connectivity index (χ1v) is 19.2. The highest BCUT2D eigenvalue weighted by molar-refractivity contribution is 6.00. The van der Waals surface area contributed by atoms with Crippen molar-refractivity contribution in [2.75, 3.05) is 13.1 Å². The van der Waals surface area contributed by atoms with Gasteiger partial charge in [-0.1, -0.05) is 71.0 Å². The minimum absolute atomic E-state index is 0.0509. The van der Waals surface area contributed by atoms with Crippen LogP contribution in [0.1, 0.15) is 106 Å². The van der Waals surface area contributed by atoms with Gasteiger partial charge in [-0.15, -0.1) is 0 Å². The van der Waals surface area contributed by atoms with Gasteiger partial charge in [-0.05, 0) is 68.7 Å². The summed E-state index contributed by atoms with van der Waals surface area (Å²) in [5, 5.41) is 40.4. The molecule has 0 radical (unpaired) electrons. The van der Waals surface area contributed by atoms with Gasteiger partial charge in [0.2, 0.25) is 17.7 Å². The van der Waals surface area contributed by atoms with Crippen LogP contribution in [0.15, 0.2) is 54.6 Å². The maximum absolute atomic E-state index is 13.4. The fourth-order valence-electron chi connectivity index (χ4n) is 6.11. The highest BCUT2D eigenvalue weighted by Gasteiger charge is 2.31. The number of carbonyl (C=O) groups excluding carboxylic acids is 5. The fraction of sp³-hybridized carbons (Fsp3) is 0.537. The maximum Gasteiger partial charge on any atom is 0.326 e. The number of carbonyl (C=O) groups is 7. The second-order valence-corrected chi connectivity index (χ2v) is 14.6. The Morgan fingerprint density at radius 1 is 0.696 bits per heavy atom. The zero-order valence-corrected chi connectivity index (χ0v) is 33.2. The van der Waals surface area contributed by atoms with E-state index in [9.17, 15) is 48.9 Å². The van der Waals surface area contributed by atoms with Crippen LogP contribution < -0.4 is 21.3 Å². The van der Waals surface area contributed by atoms with Gasteiger partial charge >= 0.3 is 11.9 Å². The van der Waals surface area contributed by atoms with E-state index in [1.807, 2.05) is 27.7 Å². The Kier molecular flexibility index (Phi) is 19.7. The number of benzene rings is 2. The summed E-state index contributed by atoms with van der Waals surface area (Å²) < 4.78 is 0. The first-order valence-electron chi connectivity index (χ1n) is 19.2. The minimum atomic E-state index is -1.42. The topological polar surface area (TPSA) is 232 Å². The molecule has 56 heavy (non-hydrogen) atoms. The van der Waals surface area contributed by atoms with Crippen LogP contribution >= 0.6 is 0 Å². The van der Waals surface area contributed by atoms with Crippen molar-refractivity contribution in [1.29, 1.82) is 0 Å². The second kappa shape index (κ2) is 23.6. The van der Waals surface area contributed by atoms with E-state index in [0.717, 1.165) is 12.8 Å². The molecule has 0 aliphatic carbocycles. The lowest BCUT2D eigenvalue weighted by Crippen LogP contribution is -2.56. The van der Waals surface area contributed by atoms with Gasteiger partial charge in [0, 0.05) is 43.0 Å². The van der Waals surface area contributed by atoms with Gasteiger partial charge < -0.3 is 41.5 Å². The zero-order valence-electron chi connectivity index (χ0n) is 33.2. The molecule has 6 unspecified atom stereocenters. The summed E-state index contributed by atoms with van der Waals surface area (Å²) in [7, 11) is 0. The molecule has 15 nitrogen and oxygen atoms in total. The first-order chi connectivity index (χ1) is 26.5. The van der Waals surface area contributed by atoms with Crippen LogP contribution in [-0.4, -0.2) is 105 Å². The third-order valence-electron chi connectivity index (χ3n) is 9.12. The molecule has 2 aromatic carbocycles. The van der Waals surface area contributed by atoms with Crippen LogP contribution in [0.5, 0.6) is 0 Å². The Morgan fingerprint density at radius 2 is 1.30 bits per heavy atom. The number of nitrogens with zero attached hydrogens (tertiary/aromatic N) is 1. The van der Waals surface area contributed by atoms with Crippen molar-refractivity contribution in [3.63, 3.8) is 0 Å². The van der Waals surface area contributed by atoms with Crippen molar-refractivity contribution in [2.45, 2.75) is 117 Å². The van der Waals surface area contributed by atoms with Crippen LogP contribution in [0.25, 0.3) is 0 Å². The van der Waals surface area contributed by atoms with Crippen LogP contribution in [-0.2, 0) is 30.4 Å². The molecule has 0 fully saturated rings. The van der Waals surface area contributed by atoms with E-state index in [1.54, 1.807) is 60.4 Å². The van der Waals surface area contributed by atoms with E-state index in [1.165, 1.54) is 13.0 Å². The van der Waals surface area contributed by atoms with E-state index in [2.05, 4.69) is 21.3 Å². The lowest BCUT2D eigenvalue weighted by molar-refractivity contribution is -0.143. The van der Waals surface area contributed by atoms with E-state index in [4.69, 9.17) is 0 Å². The summed E-state index contributed by atoms with van der Waals surface area (Å²) >= 11 is 0. The Bertz CT molecular complexity index is 1630. The molecule has 0 saturated carbocycles. The van der Waals surface area contributed by atoms with Gasteiger partial charge in [0.05, 0.1) is 12.1 Å². The number of hydrogen-bond acceptors (Lipinski definition) is 8. The lowest BCUT2D eigenvalue weighted by atomic mass is 9.92. The van der Waals surface area contributed by atoms with Crippen LogP contribution in [0.2, 0.25) is 0 Å². The molecule has 0 bridgehead atoms. The standard InChI is InChI=1S/C41H59N5O10/c1-7-19-46(20-8-2)40(54)30-16-12-15-29(24-30)38(52)44-32(21-25(3)4)34(47)22-26(5)36(50)42-27(6)37(51)43-31(17-18-35(48)49)39(53)45-33(41(55)56)23-28-13-10-9-11-14-28/h9-16,24-27,31-34,47H,7-8,17-23H2,1-6H3,(H,42,50)(H,43,51)(H,44,52)(H,45,53)(H,48,49)(H,55,56). The Morgan fingerprint density at radius 3 is 1.88 bits per heavy atom. The smallest absolute Gasteiger partial charge is 0.326 e. The van der Waals surface area contributed by atoms with Crippen molar-refractivity contribution in [1.82, 2.24) is 26.2 Å². The van der Waals surface area contributed by atoms with Gasteiger partial charge in [0.25, 0.3) is 11.8 Å². The maximum atomic E-state index is 13.4. The molecule has 0 aromatic heterocycles. The van der Waals surface area contributed by atoms with Crippen LogP contribution in [0.3, 0.4) is 0 Å².